The summed E-state index contributed by atoms with van der Waals surface area (Å²) in [5, 5.41) is 0. The summed E-state index contributed by atoms with van der Waals surface area (Å²) in [6.45, 7) is 0.647. The number of alkyl halides is 3. The smallest absolute Gasteiger partial charge is 0.401 e. The second-order valence-electron chi connectivity index (χ2n) is 6.47. The van der Waals surface area contributed by atoms with E-state index >= 15 is 0 Å². The Balaban J connectivity index is 1.67. The molecule has 0 aromatic carbocycles. The number of likely N-dealkylation sites (tertiary alicyclic amines) is 2. The zero-order valence-electron chi connectivity index (χ0n) is 13.3. The number of halogens is 3. The first-order valence-corrected chi connectivity index (χ1v) is 7.94. The molecule has 2 heterocycles. The molecule has 0 aromatic rings. The van der Waals surface area contributed by atoms with Gasteiger partial charge in [-0.2, -0.15) is 13.2 Å². The van der Waals surface area contributed by atoms with Crippen LogP contribution in [0.2, 0.25) is 0 Å². The van der Waals surface area contributed by atoms with Gasteiger partial charge in [0.15, 0.2) is 0 Å². The molecule has 0 aromatic heterocycles. The summed E-state index contributed by atoms with van der Waals surface area (Å²) in [5.74, 6) is -0.697. The standard InChI is InChI=1S/C15H23F3N2O3/c1-19-5-4-12(8-13(19)21)14(22)23-9-11-2-6-20(7-3-11)10-15(16,17)18/h11-12H,2-10H2,1H3/t12-/m0/s1. The summed E-state index contributed by atoms with van der Waals surface area (Å²) >= 11 is 0. The molecule has 2 aliphatic heterocycles. The minimum Gasteiger partial charge on any atom is -0.465 e. The molecule has 0 N–H and O–H groups in total. The highest BCUT2D eigenvalue weighted by atomic mass is 19.4. The molecular weight excluding hydrogens is 313 g/mol. The largest absolute Gasteiger partial charge is 0.465 e. The van der Waals surface area contributed by atoms with Crippen LogP contribution in [0.3, 0.4) is 0 Å². The van der Waals surface area contributed by atoms with Gasteiger partial charge in [0.05, 0.1) is 19.1 Å². The molecule has 0 radical (unpaired) electrons. The molecule has 8 heteroatoms. The molecule has 0 bridgehead atoms. The van der Waals surface area contributed by atoms with E-state index in [0.717, 1.165) is 0 Å². The predicted octanol–water partition coefficient (Wildman–Crippen LogP) is 1.67. The second kappa shape index (κ2) is 7.51. The van der Waals surface area contributed by atoms with Crippen molar-refractivity contribution in [1.29, 1.82) is 0 Å². The Kier molecular flexibility index (Phi) is 5.89. The van der Waals surface area contributed by atoms with Crippen LogP contribution in [0.4, 0.5) is 13.2 Å². The molecule has 5 nitrogen and oxygen atoms in total. The van der Waals surface area contributed by atoms with Crippen molar-refractivity contribution in [1.82, 2.24) is 9.80 Å². The van der Waals surface area contributed by atoms with Crippen LogP contribution in [0.15, 0.2) is 0 Å². The van der Waals surface area contributed by atoms with Crippen molar-refractivity contribution in [3.63, 3.8) is 0 Å². The van der Waals surface area contributed by atoms with E-state index in [0.29, 0.717) is 38.9 Å². The van der Waals surface area contributed by atoms with Gasteiger partial charge < -0.3 is 9.64 Å². The van der Waals surface area contributed by atoms with Gasteiger partial charge in [0.2, 0.25) is 5.91 Å². The number of rotatable bonds is 4. The number of piperidine rings is 2. The predicted molar refractivity (Wildman–Crippen MR) is 76.5 cm³/mol. The first-order valence-electron chi connectivity index (χ1n) is 7.94. The average Bonchev–Trinajstić information content (AvgIpc) is 2.47. The van der Waals surface area contributed by atoms with Gasteiger partial charge in [-0.15, -0.1) is 0 Å². The van der Waals surface area contributed by atoms with E-state index in [1.807, 2.05) is 0 Å². The van der Waals surface area contributed by atoms with Crippen molar-refractivity contribution in [2.45, 2.75) is 31.9 Å². The second-order valence-corrected chi connectivity index (χ2v) is 6.47. The van der Waals surface area contributed by atoms with E-state index in [1.54, 1.807) is 11.9 Å². The van der Waals surface area contributed by atoms with E-state index < -0.39 is 12.7 Å². The van der Waals surface area contributed by atoms with Crippen LogP contribution in [-0.2, 0) is 14.3 Å². The number of hydrogen-bond acceptors (Lipinski definition) is 4. The number of ether oxygens (including phenoxy) is 1. The lowest BCUT2D eigenvalue weighted by atomic mass is 9.96. The van der Waals surface area contributed by atoms with Gasteiger partial charge in [-0.25, -0.2) is 0 Å². The fourth-order valence-corrected chi connectivity index (χ4v) is 3.03. The Hall–Kier alpha value is -1.31. The first kappa shape index (κ1) is 18.0. The molecule has 0 aliphatic carbocycles. The van der Waals surface area contributed by atoms with E-state index in [4.69, 9.17) is 4.74 Å². The number of carbonyl (C=O) groups excluding carboxylic acids is 2. The van der Waals surface area contributed by atoms with E-state index in [2.05, 4.69) is 0 Å². The van der Waals surface area contributed by atoms with Crippen LogP contribution in [0.1, 0.15) is 25.7 Å². The van der Waals surface area contributed by atoms with E-state index in [1.165, 1.54) is 4.90 Å². The molecule has 0 unspecified atom stereocenters. The van der Waals surface area contributed by atoms with Crippen LogP contribution < -0.4 is 0 Å². The van der Waals surface area contributed by atoms with Crippen molar-refractivity contribution in [3.05, 3.63) is 0 Å². The lowest BCUT2D eigenvalue weighted by Crippen LogP contribution is -2.41. The fraction of sp³-hybridized carbons (Fsp3) is 0.867. The number of amides is 1. The van der Waals surface area contributed by atoms with Crippen molar-refractivity contribution < 1.29 is 27.5 Å². The Morgan fingerprint density at radius 1 is 1.22 bits per heavy atom. The van der Waals surface area contributed by atoms with Crippen LogP contribution in [-0.4, -0.2) is 67.7 Å². The molecule has 23 heavy (non-hydrogen) atoms. The molecule has 1 atom stereocenters. The highest BCUT2D eigenvalue weighted by molar-refractivity contribution is 5.84. The van der Waals surface area contributed by atoms with Crippen molar-refractivity contribution in [2.24, 2.45) is 11.8 Å². The van der Waals surface area contributed by atoms with Crippen LogP contribution in [0, 0.1) is 11.8 Å². The van der Waals surface area contributed by atoms with Gasteiger partial charge in [0.1, 0.15) is 0 Å². The minimum absolute atomic E-state index is 0.0568. The first-order chi connectivity index (χ1) is 10.7. The summed E-state index contributed by atoms with van der Waals surface area (Å²) in [7, 11) is 1.71. The Labute approximate surface area is 133 Å². The number of esters is 1. The van der Waals surface area contributed by atoms with Gasteiger partial charge in [-0.3, -0.25) is 14.5 Å². The van der Waals surface area contributed by atoms with Crippen LogP contribution in [0.5, 0.6) is 0 Å². The highest BCUT2D eigenvalue weighted by Crippen LogP contribution is 2.24. The van der Waals surface area contributed by atoms with Gasteiger partial charge >= 0.3 is 12.1 Å². The summed E-state index contributed by atoms with van der Waals surface area (Å²) in [5.41, 5.74) is 0. The lowest BCUT2D eigenvalue weighted by molar-refractivity contribution is -0.157. The number of hydrogen-bond donors (Lipinski definition) is 0. The van der Waals surface area contributed by atoms with Crippen molar-refractivity contribution in [2.75, 3.05) is 39.8 Å². The van der Waals surface area contributed by atoms with Gasteiger partial charge in [-0.1, -0.05) is 0 Å². The molecule has 132 valence electrons. The third kappa shape index (κ3) is 5.67. The number of carbonyl (C=O) groups is 2. The molecular formula is C15H23F3N2O3. The highest BCUT2D eigenvalue weighted by Gasteiger charge is 2.33. The third-order valence-corrected chi connectivity index (χ3v) is 4.56. The van der Waals surface area contributed by atoms with Gasteiger partial charge in [0.25, 0.3) is 0 Å². The molecule has 2 aliphatic rings. The Morgan fingerprint density at radius 2 is 1.87 bits per heavy atom. The van der Waals surface area contributed by atoms with Gasteiger partial charge in [-0.05, 0) is 38.3 Å². The monoisotopic (exact) mass is 336 g/mol. The summed E-state index contributed by atoms with van der Waals surface area (Å²) < 4.78 is 42.2. The maximum atomic E-state index is 12.3. The minimum atomic E-state index is -4.17. The summed E-state index contributed by atoms with van der Waals surface area (Å²) in [6, 6.07) is 0. The molecule has 2 fully saturated rings. The van der Waals surface area contributed by atoms with E-state index in [9.17, 15) is 22.8 Å². The maximum absolute atomic E-state index is 12.3. The SMILES string of the molecule is CN1CC[C@H](C(=O)OCC2CCN(CC(F)(F)F)CC2)CC1=O. The quantitative estimate of drug-likeness (QED) is 0.733. The zero-order valence-corrected chi connectivity index (χ0v) is 13.3. The molecule has 2 saturated heterocycles. The molecule has 0 spiro atoms. The topological polar surface area (TPSA) is 49.9 Å². The fourth-order valence-electron chi connectivity index (χ4n) is 3.03. The normalized spacial score (nSPS) is 24.8. The van der Waals surface area contributed by atoms with Gasteiger partial charge in [0, 0.05) is 20.0 Å². The Morgan fingerprint density at radius 3 is 2.43 bits per heavy atom. The van der Waals surface area contributed by atoms with E-state index in [-0.39, 0.29) is 36.7 Å². The van der Waals surface area contributed by atoms with Crippen LogP contribution in [0.25, 0.3) is 0 Å². The third-order valence-electron chi connectivity index (χ3n) is 4.56. The Bertz CT molecular complexity index is 434. The molecule has 0 saturated carbocycles. The molecule has 1 amide bonds. The average molecular weight is 336 g/mol. The molecule has 2 rings (SSSR count). The zero-order chi connectivity index (χ0) is 17.0. The van der Waals surface area contributed by atoms with Crippen molar-refractivity contribution in [3.8, 4) is 0 Å². The number of nitrogens with zero attached hydrogens (tertiary/aromatic N) is 2. The van der Waals surface area contributed by atoms with Crippen molar-refractivity contribution >= 4 is 11.9 Å². The lowest BCUT2D eigenvalue weighted by Gasteiger charge is -2.32. The summed E-state index contributed by atoms with van der Waals surface area (Å²) in [4.78, 5) is 26.6. The van der Waals surface area contributed by atoms with Crippen LogP contribution >= 0.6 is 0 Å². The maximum Gasteiger partial charge on any atom is 0.401 e. The summed E-state index contributed by atoms with van der Waals surface area (Å²) in [6.07, 6.45) is -2.20.